The van der Waals surface area contributed by atoms with Crippen molar-refractivity contribution in [2.24, 2.45) is 17.8 Å². The summed E-state index contributed by atoms with van der Waals surface area (Å²) in [7, 11) is 0. The Labute approximate surface area is 164 Å². The summed E-state index contributed by atoms with van der Waals surface area (Å²) in [6.45, 7) is 4.21. The van der Waals surface area contributed by atoms with Crippen LogP contribution in [0, 0.1) is 17.8 Å². The van der Waals surface area contributed by atoms with Crippen molar-refractivity contribution >= 4 is 5.78 Å². The average Bonchev–Trinajstić information content (AvgIpc) is 3.12. The van der Waals surface area contributed by atoms with Gasteiger partial charge in [-0.2, -0.15) is 0 Å². The Morgan fingerprint density at radius 3 is 2.75 bits per heavy atom. The van der Waals surface area contributed by atoms with E-state index in [4.69, 9.17) is 18.9 Å². The minimum absolute atomic E-state index is 0.0224. The Kier molecular flexibility index (Phi) is 4.36. The van der Waals surface area contributed by atoms with Crippen molar-refractivity contribution in [3.05, 3.63) is 47.7 Å². The number of fused-ring (bicyclic) bond motifs is 5. The summed E-state index contributed by atoms with van der Waals surface area (Å²) < 4.78 is 24.6. The van der Waals surface area contributed by atoms with Crippen LogP contribution in [-0.4, -0.2) is 41.3 Å². The van der Waals surface area contributed by atoms with Crippen LogP contribution in [0.4, 0.5) is 0 Å². The summed E-state index contributed by atoms with van der Waals surface area (Å²) in [6.07, 6.45) is 1.32. The van der Waals surface area contributed by atoms with E-state index in [1.807, 2.05) is 44.2 Å². The number of hydrogen-bond acceptors (Lipinski definition) is 6. The van der Waals surface area contributed by atoms with Crippen molar-refractivity contribution in [3.8, 4) is 0 Å². The third kappa shape index (κ3) is 3.08. The van der Waals surface area contributed by atoms with E-state index in [0.717, 1.165) is 5.56 Å². The number of aliphatic hydroxyl groups excluding tert-OH is 1. The highest BCUT2D eigenvalue weighted by molar-refractivity contribution is 5.93. The standard InChI is InChI=1S/C22H26O6/c1-22(2)27-20-18-17-13(8-14(23)10-15(17)24)9-16(19(18)26-21(20)28-22)25-11-12-6-4-3-5-7-12/h3-7,10,13,16-21,23H,8-9,11H2,1-2H3/t13-,16+,17+,18+,19+,20+,21+/m0/s1. The molecule has 1 aromatic carbocycles. The Bertz CT molecular complexity index is 787. The third-order valence-corrected chi connectivity index (χ3v) is 6.38. The first-order valence-corrected chi connectivity index (χ1v) is 10.0. The van der Waals surface area contributed by atoms with Gasteiger partial charge in [0.2, 0.25) is 0 Å². The van der Waals surface area contributed by atoms with Crippen LogP contribution in [0.15, 0.2) is 42.2 Å². The van der Waals surface area contributed by atoms with Gasteiger partial charge < -0.3 is 24.1 Å². The molecule has 2 aliphatic carbocycles. The Morgan fingerprint density at radius 1 is 1.18 bits per heavy atom. The van der Waals surface area contributed by atoms with Crippen LogP contribution < -0.4 is 0 Å². The fourth-order valence-electron chi connectivity index (χ4n) is 5.35. The first kappa shape index (κ1) is 18.3. The highest BCUT2D eigenvalue weighted by Crippen LogP contribution is 2.53. The number of carbonyl (C=O) groups is 1. The van der Waals surface area contributed by atoms with Crippen molar-refractivity contribution < 1.29 is 28.8 Å². The molecule has 0 bridgehead atoms. The van der Waals surface area contributed by atoms with Crippen LogP contribution in [0.1, 0.15) is 32.3 Å². The van der Waals surface area contributed by atoms with E-state index in [1.54, 1.807) is 0 Å². The van der Waals surface area contributed by atoms with Gasteiger partial charge in [0.25, 0.3) is 0 Å². The quantitative estimate of drug-likeness (QED) is 0.860. The van der Waals surface area contributed by atoms with Gasteiger partial charge in [-0.05, 0) is 31.7 Å². The molecule has 0 aromatic heterocycles. The number of benzene rings is 1. The van der Waals surface area contributed by atoms with Crippen molar-refractivity contribution in [2.75, 3.05) is 0 Å². The molecule has 0 radical (unpaired) electrons. The van der Waals surface area contributed by atoms with E-state index in [2.05, 4.69) is 0 Å². The van der Waals surface area contributed by atoms with Gasteiger partial charge in [0.05, 0.1) is 24.6 Å². The zero-order valence-corrected chi connectivity index (χ0v) is 16.1. The lowest BCUT2D eigenvalue weighted by Crippen LogP contribution is -2.52. The molecule has 1 aromatic rings. The molecule has 2 aliphatic heterocycles. The maximum atomic E-state index is 12.8. The fourth-order valence-corrected chi connectivity index (χ4v) is 5.35. The van der Waals surface area contributed by atoms with Gasteiger partial charge in [0.15, 0.2) is 17.9 Å². The molecule has 4 aliphatic rings. The maximum absolute atomic E-state index is 12.8. The monoisotopic (exact) mass is 386 g/mol. The summed E-state index contributed by atoms with van der Waals surface area (Å²) >= 11 is 0. The van der Waals surface area contributed by atoms with E-state index in [1.165, 1.54) is 6.08 Å². The van der Waals surface area contributed by atoms with Gasteiger partial charge in [-0.25, -0.2) is 0 Å². The third-order valence-electron chi connectivity index (χ3n) is 6.38. The van der Waals surface area contributed by atoms with E-state index in [-0.39, 0.29) is 47.6 Å². The van der Waals surface area contributed by atoms with Crippen LogP contribution in [0.2, 0.25) is 0 Å². The maximum Gasteiger partial charge on any atom is 0.187 e. The summed E-state index contributed by atoms with van der Waals surface area (Å²) in [5.74, 6) is -0.959. The number of ketones is 1. The second-order valence-corrected chi connectivity index (χ2v) is 8.75. The average molecular weight is 386 g/mol. The molecule has 1 saturated carbocycles. The SMILES string of the molecule is CC1(C)O[C@H]2O[C@H]3[C@H]([C@H]2O1)[C@H]1C(=O)C=C(O)C[C@H]1C[C@H]3OCc1ccccc1. The molecule has 7 atom stereocenters. The predicted molar refractivity (Wildman–Crippen MR) is 99.1 cm³/mol. The van der Waals surface area contributed by atoms with Gasteiger partial charge in [0.1, 0.15) is 6.10 Å². The summed E-state index contributed by atoms with van der Waals surface area (Å²) in [5.41, 5.74) is 1.09. The van der Waals surface area contributed by atoms with E-state index < -0.39 is 12.1 Å². The van der Waals surface area contributed by atoms with E-state index in [9.17, 15) is 9.90 Å². The van der Waals surface area contributed by atoms with Gasteiger partial charge in [-0.3, -0.25) is 4.79 Å². The molecule has 0 amide bonds. The molecule has 6 nitrogen and oxygen atoms in total. The number of carbonyl (C=O) groups excluding carboxylic acids is 1. The van der Waals surface area contributed by atoms with E-state index >= 15 is 0 Å². The van der Waals surface area contributed by atoms with Gasteiger partial charge in [0, 0.05) is 24.3 Å². The number of allylic oxidation sites excluding steroid dienone is 2. The smallest absolute Gasteiger partial charge is 0.187 e. The number of ether oxygens (including phenoxy) is 4. The Balaban J connectivity index is 1.42. The second kappa shape index (κ2) is 6.66. The molecule has 3 fully saturated rings. The minimum Gasteiger partial charge on any atom is -0.512 e. The van der Waals surface area contributed by atoms with Crippen molar-refractivity contribution in [2.45, 2.75) is 63.7 Å². The number of hydrogen-bond donors (Lipinski definition) is 1. The summed E-state index contributed by atoms with van der Waals surface area (Å²) in [4.78, 5) is 12.8. The lowest BCUT2D eigenvalue weighted by atomic mass is 9.63. The molecule has 2 heterocycles. The van der Waals surface area contributed by atoms with Gasteiger partial charge in [-0.1, -0.05) is 30.3 Å². The fraction of sp³-hybridized carbons (Fsp3) is 0.591. The molecular formula is C22H26O6. The van der Waals surface area contributed by atoms with Gasteiger partial charge >= 0.3 is 0 Å². The first-order valence-electron chi connectivity index (χ1n) is 10.0. The highest BCUT2D eigenvalue weighted by atomic mass is 16.8. The second-order valence-electron chi connectivity index (χ2n) is 8.75. The number of aliphatic hydroxyl groups is 1. The molecule has 6 heteroatoms. The first-order chi connectivity index (χ1) is 13.4. The molecule has 28 heavy (non-hydrogen) atoms. The van der Waals surface area contributed by atoms with Crippen LogP contribution in [-0.2, 0) is 30.3 Å². The largest absolute Gasteiger partial charge is 0.512 e. The van der Waals surface area contributed by atoms with Crippen LogP contribution in [0.25, 0.3) is 0 Å². The molecule has 0 unspecified atom stereocenters. The molecule has 5 rings (SSSR count). The topological polar surface area (TPSA) is 74.2 Å². The molecular weight excluding hydrogens is 360 g/mol. The van der Waals surface area contributed by atoms with Crippen LogP contribution in [0.5, 0.6) is 0 Å². The predicted octanol–water partition coefficient (Wildman–Crippen LogP) is 3.12. The molecule has 2 saturated heterocycles. The minimum atomic E-state index is -0.733. The number of rotatable bonds is 3. The van der Waals surface area contributed by atoms with Gasteiger partial charge in [-0.15, -0.1) is 0 Å². The van der Waals surface area contributed by atoms with E-state index in [0.29, 0.717) is 19.4 Å². The highest BCUT2D eigenvalue weighted by Gasteiger charge is 2.63. The zero-order chi connectivity index (χ0) is 19.5. The Hall–Kier alpha value is -1.73. The lowest BCUT2D eigenvalue weighted by Gasteiger charge is -2.45. The molecule has 0 spiro atoms. The summed E-state index contributed by atoms with van der Waals surface area (Å²) in [6, 6.07) is 10.0. The van der Waals surface area contributed by atoms with Crippen LogP contribution in [0.3, 0.4) is 0 Å². The molecule has 150 valence electrons. The van der Waals surface area contributed by atoms with Crippen LogP contribution >= 0.6 is 0 Å². The summed E-state index contributed by atoms with van der Waals surface area (Å²) in [5, 5.41) is 10.0. The zero-order valence-electron chi connectivity index (χ0n) is 16.1. The van der Waals surface area contributed by atoms with Crippen molar-refractivity contribution in [1.82, 2.24) is 0 Å². The lowest BCUT2D eigenvalue weighted by molar-refractivity contribution is -0.235. The Morgan fingerprint density at radius 2 is 1.96 bits per heavy atom. The van der Waals surface area contributed by atoms with Crippen molar-refractivity contribution in [3.63, 3.8) is 0 Å². The normalized spacial score (nSPS) is 41.1. The molecule has 1 N–H and O–H groups in total. The van der Waals surface area contributed by atoms with Crippen molar-refractivity contribution in [1.29, 1.82) is 0 Å².